The molecule has 0 radical (unpaired) electrons. The fraction of sp³-hybridized carbons (Fsp3) is 0.632. The van der Waals surface area contributed by atoms with E-state index >= 15 is 0 Å². The van der Waals surface area contributed by atoms with Gasteiger partial charge in [-0.3, -0.25) is 9.69 Å². The number of hydrogen-bond donors (Lipinski definition) is 1. The number of piperazine rings is 1. The third-order valence-corrected chi connectivity index (χ3v) is 5.99. The monoisotopic (exact) mass is 363 g/mol. The van der Waals surface area contributed by atoms with E-state index < -0.39 is 0 Å². The minimum atomic E-state index is 0.0318. The van der Waals surface area contributed by atoms with Crippen LogP contribution in [0, 0.1) is 0 Å². The highest BCUT2D eigenvalue weighted by atomic mass is 35.5. The van der Waals surface area contributed by atoms with E-state index in [4.69, 9.17) is 16.3 Å². The van der Waals surface area contributed by atoms with Gasteiger partial charge in [-0.1, -0.05) is 11.6 Å². The molecule has 1 N–H and O–H groups in total. The van der Waals surface area contributed by atoms with Crippen LogP contribution in [0.25, 0.3) is 0 Å². The van der Waals surface area contributed by atoms with Crippen molar-refractivity contribution in [3.8, 4) is 5.75 Å². The number of hydrogen-bond acceptors (Lipinski definition) is 4. The van der Waals surface area contributed by atoms with E-state index in [0.29, 0.717) is 22.7 Å². The molecule has 1 aromatic rings. The van der Waals surface area contributed by atoms with E-state index in [1.54, 1.807) is 6.07 Å². The van der Waals surface area contributed by atoms with Gasteiger partial charge in [0.05, 0.1) is 16.7 Å². The van der Waals surface area contributed by atoms with Gasteiger partial charge >= 0.3 is 0 Å². The van der Waals surface area contributed by atoms with Crippen molar-refractivity contribution in [3.05, 3.63) is 28.8 Å². The van der Waals surface area contributed by atoms with Gasteiger partial charge in [-0.25, -0.2) is 0 Å². The number of benzene rings is 1. The van der Waals surface area contributed by atoms with E-state index in [0.717, 1.165) is 57.9 Å². The van der Waals surface area contributed by atoms with Gasteiger partial charge in [0, 0.05) is 38.8 Å². The minimum absolute atomic E-state index is 0.0318. The van der Waals surface area contributed by atoms with E-state index in [2.05, 4.69) is 10.2 Å². The highest BCUT2D eigenvalue weighted by Crippen LogP contribution is 2.29. The summed E-state index contributed by atoms with van der Waals surface area (Å²) in [5, 5.41) is 3.90. The van der Waals surface area contributed by atoms with E-state index in [1.165, 1.54) is 12.8 Å². The molecule has 1 unspecified atom stereocenters. The predicted octanol–water partition coefficient (Wildman–Crippen LogP) is 2.39. The number of nitrogens with zero attached hydrogens (tertiary/aromatic N) is 2. The summed E-state index contributed by atoms with van der Waals surface area (Å²) in [5.74, 6) is 0.800. The molecule has 1 aliphatic carbocycles. The summed E-state index contributed by atoms with van der Waals surface area (Å²) < 4.78 is 5.86. The second-order valence-electron chi connectivity index (χ2n) is 7.29. The molecule has 5 nitrogen and oxygen atoms in total. The maximum absolute atomic E-state index is 12.8. The van der Waals surface area contributed by atoms with Crippen molar-refractivity contribution in [1.29, 1.82) is 0 Å². The molecule has 2 heterocycles. The Morgan fingerprint density at radius 3 is 2.56 bits per heavy atom. The Balaban J connectivity index is 1.35. The van der Waals surface area contributed by atoms with Gasteiger partial charge in [0.25, 0.3) is 5.91 Å². The zero-order valence-corrected chi connectivity index (χ0v) is 15.3. The van der Waals surface area contributed by atoms with Gasteiger partial charge in [0.2, 0.25) is 0 Å². The fourth-order valence-corrected chi connectivity index (χ4v) is 4.09. The summed E-state index contributed by atoms with van der Waals surface area (Å²) in [6, 6.07) is 6.10. The van der Waals surface area contributed by atoms with Crippen molar-refractivity contribution in [2.75, 3.05) is 39.3 Å². The molecular formula is C19H26ClN3O2. The molecule has 1 atom stereocenters. The van der Waals surface area contributed by atoms with Crippen LogP contribution in [0.2, 0.25) is 5.02 Å². The lowest BCUT2D eigenvalue weighted by Gasteiger charge is -2.38. The van der Waals surface area contributed by atoms with E-state index in [9.17, 15) is 4.79 Å². The van der Waals surface area contributed by atoms with Crippen LogP contribution >= 0.6 is 11.6 Å². The van der Waals surface area contributed by atoms with Gasteiger partial charge in [0.15, 0.2) is 0 Å². The first-order valence-corrected chi connectivity index (χ1v) is 9.79. The standard InChI is InChI=1S/C19H26ClN3O2/c20-18-12-16(25-15-2-1-3-15)4-5-17(18)19(24)23-10-8-22(9-11-23)14-6-7-21-13-14/h4-5,12,14-15,21H,1-3,6-11,13H2. The van der Waals surface area contributed by atoms with Crippen molar-refractivity contribution in [2.24, 2.45) is 0 Å². The first-order valence-electron chi connectivity index (χ1n) is 9.41. The number of ether oxygens (including phenoxy) is 1. The zero-order chi connectivity index (χ0) is 17.2. The van der Waals surface area contributed by atoms with Crippen LogP contribution < -0.4 is 10.1 Å². The summed E-state index contributed by atoms with van der Waals surface area (Å²) >= 11 is 6.37. The third-order valence-electron chi connectivity index (χ3n) is 5.68. The van der Waals surface area contributed by atoms with Crippen molar-refractivity contribution >= 4 is 17.5 Å². The molecule has 25 heavy (non-hydrogen) atoms. The highest BCUT2D eigenvalue weighted by molar-refractivity contribution is 6.34. The second-order valence-corrected chi connectivity index (χ2v) is 7.69. The first-order chi connectivity index (χ1) is 12.2. The van der Waals surface area contributed by atoms with Gasteiger partial charge in [-0.05, 0) is 50.4 Å². The zero-order valence-electron chi connectivity index (χ0n) is 14.5. The van der Waals surface area contributed by atoms with Crippen LogP contribution in [0.4, 0.5) is 0 Å². The lowest BCUT2D eigenvalue weighted by Crippen LogP contribution is -2.52. The molecule has 3 aliphatic rings. The van der Waals surface area contributed by atoms with Gasteiger partial charge in [-0.2, -0.15) is 0 Å². The van der Waals surface area contributed by atoms with Crippen LogP contribution in [0.1, 0.15) is 36.0 Å². The lowest BCUT2D eigenvalue weighted by molar-refractivity contribution is 0.0584. The van der Waals surface area contributed by atoms with Gasteiger partial charge in [-0.15, -0.1) is 0 Å². The third kappa shape index (κ3) is 3.78. The van der Waals surface area contributed by atoms with Crippen LogP contribution in [-0.4, -0.2) is 67.1 Å². The molecule has 2 aliphatic heterocycles. The maximum atomic E-state index is 12.8. The average Bonchev–Trinajstić information content (AvgIpc) is 3.12. The average molecular weight is 364 g/mol. The van der Waals surface area contributed by atoms with Crippen LogP contribution in [0.3, 0.4) is 0 Å². The Bertz CT molecular complexity index is 621. The number of carbonyl (C=O) groups excluding carboxylic acids is 1. The predicted molar refractivity (Wildman–Crippen MR) is 98.5 cm³/mol. The smallest absolute Gasteiger partial charge is 0.255 e. The number of rotatable bonds is 4. The van der Waals surface area contributed by atoms with E-state index in [1.807, 2.05) is 17.0 Å². The molecule has 1 saturated carbocycles. The topological polar surface area (TPSA) is 44.8 Å². The number of halogens is 1. The van der Waals surface area contributed by atoms with Crippen molar-refractivity contribution in [1.82, 2.24) is 15.1 Å². The molecule has 1 aromatic carbocycles. The molecular weight excluding hydrogens is 338 g/mol. The van der Waals surface area contributed by atoms with Crippen LogP contribution in [0.5, 0.6) is 5.75 Å². The molecule has 4 rings (SSSR count). The molecule has 1 amide bonds. The Labute approximate surface area is 154 Å². The van der Waals surface area contributed by atoms with Crippen molar-refractivity contribution in [3.63, 3.8) is 0 Å². The van der Waals surface area contributed by atoms with Gasteiger partial charge in [0.1, 0.15) is 5.75 Å². The quantitative estimate of drug-likeness (QED) is 0.892. The normalized spacial score (nSPS) is 25.0. The Morgan fingerprint density at radius 1 is 1.16 bits per heavy atom. The summed E-state index contributed by atoms with van der Waals surface area (Å²) in [4.78, 5) is 17.2. The molecule has 2 saturated heterocycles. The van der Waals surface area contributed by atoms with Crippen molar-refractivity contribution in [2.45, 2.75) is 37.8 Å². The molecule has 3 fully saturated rings. The Hall–Kier alpha value is -1.30. The molecule has 0 spiro atoms. The Kier molecular flexibility index (Phi) is 5.15. The number of nitrogens with one attached hydrogen (secondary N) is 1. The minimum Gasteiger partial charge on any atom is -0.490 e. The second kappa shape index (κ2) is 7.52. The summed E-state index contributed by atoms with van der Waals surface area (Å²) in [7, 11) is 0. The lowest BCUT2D eigenvalue weighted by atomic mass is 9.96. The van der Waals surface area contributed by atoms with E-state index in [-0.39, 0.29) is 5.91 Å². The SMILES string of the molecule is O=C(c1ccc(OC2CCC2)cc1Cl)N1CCN(C2CCNC2)CC1. The van der Waals surface area contributed by atoms with Crippen molar-refractivity contribution < 1.29 is 9.53 Å². The van der Waals surface area contributed by atoms with Gasteiger partial charge < -0.3 is 15.0 Å². The largest absolute Gasteiger partial charge is 0.490 e. The molecule has 0 bridgehead atoms. The number of carbonyl (C=O) groups is 1. The molecule has 0 aromatic heterocycles. The number of amides is 1. The highest BCUT2D eigenvalue weighted by Gasteiger charge is 2.29. The van der Waals surface area contributed by atoms with Crippen LogP contribution in [-0.2, 0) is 0 Å². The molecule has 6 heteroatoms. The summed E-state index contributed by atoms with van der Waals surface area (Å²) in [6.45, 7) is 5.60. The summed E-state index contributed by atoms with van der Waals surface area (Å²) in [6.07, 6.45) is 4.98. The summed E-state index contributed by atoms with van der Waals surface area (Å²) in [5.41, 5.74) is 0.582. The van der Waals surface area contributed by atoms with Crippen LogP contribution in [0.15, 0.2) is 18.2 Å². The maximum Gasteiger partial charge on any atom is 0.255 e. The fourth-order valence-electron chi connectivity index (χ4n) is 3.84. The first kappa shape index (κ1) is 17.1. The Morgan fingerprint density at radius 2 is 1.96 bits per heavy atom. The molecule has 136 valence electrons.